The molecule has 0 aliphatic heterocycles. The molecule has 0 saturated carbocycles. The second-order valence-corrected chi connectivity index (χ2v) is 10.5. The summed E-state index contributed by atoms with van der Waals surface area (Å²) in [4.78, 5) is 0. The van der Waals surface area contributed by atoms with Crippen LogP contribution in [0.4, 0.5) is 0 Å². The predicted octanol–water partition coefficient (Wildman–Crippen LogP) is 9.65. The number of benzene rings is 6. The first kappa shape index (κ1) is 22.1. The normalized spacial score (nSPS) is 11.9. The molecule has 0 amide bonds. The monoisotopic (exact) mass is 523 g/mol. The second-order valence-electron chi connectivity index (χ2n) is 10.5. The second kappa shape index (κ2) is 8.11. The summed E-state index contributed by atoms with van der Waals surface area (Å²) < 4.78 is 10.9. The van der Waals surface area contributed by atoms with E-state index in [-0.39, 0.29) is 0 Å². The molecule has 0 unspecified atom stereocenters. The lowest BCUT2D eigenvalue weighted by molar-refractivity contribution is 0.669. The molecule has 3 heterocycles. The van der Waals surface area contributed by atoms with Crippen LogP contribution in [0.2, 0.25) is 0 Å². The molecule has 41 heavy (non-hydrogen) atoms. The lowest BCUT2D eigenvalue weighted by Gasteiger charge is -2.09. The SMILES string of the molecule is N#Cc1cccc2c1c1ccccc1n2-c1ccc2oc3ccc(-n4c5ccccc5c5ccccc54)cc3c2c1. The molecule has 0 bridgehead atoms. The van der Waals surface area contributed by atoms with Gasteiger partial charge < -0.3 is 13.6 Å². The standard InChI is InChI=1S/C37H21N3O/c38-22-23-8-7-15-34-37(23)28-11-3-6-14-33(28)40(34)25-17-19-36-30(21-25)29-20-24(16-18-35(29)41-36)39-31-12-4-1-9-26(31)27-10-2-5-13-32(27)39/h1-21H. The topological polar surface area (TPSA) is 46.8 Å². The molecule has 3 aromatic heterocycles. The summed E-state index contributed by atoms with van der Waals surface area (Å²) in [5, 5.41) is 16.5. The van der Waals surface area contributed by atoms with Gasteiger partial charge in [0.15, 0.2) is 0 Å². The van der Waals surface area contributed by atoms with Crippen LogP contribution < -0.4 is 0 Å². The van der Waals surface area contributed by atoms with Gasteiger partial charge in [0.05, 0.1) is 33.7 Å². The van der Waals surface area contributed by atoms with Crippen LogP contribution in [0.3, 0.4) is 0 Å². The van der Waals surface area contributed by atoms with E-state index in [1.807, 2.05) is 24.3 Å². The highest BCUT2D eigenvalue weighted by Gasteiger charge is 2.17. The maximum absolute atomic E-state index is 9.87. The van der Waals surface area contributed by atoms with Crippen molar-refractivity contribution < 1.29 is 4.42 Å². The minimum atomic E-state index is 0.683. The Morgan fingerprint density at radius 1 is 0.463 bits per heavy atom. The maximum atomic E-state index is 9.87. The van der Waals surface area contributed by atoms with Crippen LogP contribution in [0.5, 0.6) is 0 Å². The van der Waals surface area contributed by atoms with Crippen molar-refractivity contribution in [3.63, 3.8) is 0 Å². The molecule has 0 fully saturated rings. The largest absolute Gasteiger partial charge is 0.456 e. The van der Waals surface area contributed by atoms with Gasteiger partial charge in [-0.25, -0.2) is 0 Å². The van der Waals surface area contributed by atoms with Gasteiger partial charge in [0.1, 0.15) is 11.2 Å². The van der Waals surface area contributed by atoms with Gasteiger partial charge >= 0.3 is 0 Å². The number of aromatic nitrogens is 2. The predicted molar refractivity (Wildman–Crippen MR) is 167 cm³/mol. The molecule has 0 aliphatic carbocycles. The third-order valence-corrected chi connectivity index (χ3v) is 8.35. The van der Waals surface area contributed by atoms with Crippen molar-refractivity contribution >= 4 is 65.6 Å². The van der Waals surface area contributed by atoms with E-state index in [1.54, 1.807) is 0 Å². The van der Waals surface area contributed by atoms with Crippen molar-refractivity contribution in [3.8, 4) is 17.4 Å². The fourth-order valence-corrected chi connectivity index (χ4v) is 6.62. The molecule has 0 saturated heterocycles. The van der Waals surface area contributed by atoms with Gasteiger partial charge in [0.25, 0.3) is 0 Å². The quantitative estimate of drug-likeness (QED) is 0.226. The molecule has 0 N–H and O–H groups in total. The summed E-state index contributed by atoms with van der Waals surface area (Å²) in [5.41, 5.74) is 8.97. The summed E-state index contributed by atoms with van der Waals surface area (Å²) in [5.74, 6) is 0. The van der Waals surface area contributed by atoms with Gasteiger partial charge in [-0.2, -0.15) is 5.26 Å². The zero-order chi connectivity index (χ0) is 27.1. The number of rotatable bonds is 2. The molecule has 4 nitrogen and oxygen atoms in total. The maximum Gasteiger partial charge on any atom is 0.135 e. The van der Waals surface area contributed by atoms with E-state index in [0.29, 0.717) is 5.56 Å². The molecule has 9 rings (SSSR count). The van der Waals surface area contributed by atoms with Crippen molar-refractivity contribution in [2.45, 2.75) is 0 Å². The lowest BCUT2D eigenvalue weighted by Crippen LogP contribution is -1.94. The van der Waals surface area contributed by atoms with Crippen molar-refractivity contribution in [1.29, 1.82) is 5.26 Å². The third kappa shape index (κ3) is 2.98. The molecular weight excluding hydrogens is 502 g/mol. The van der Waals surface area contributed by atoms with E-state index in [0.717, 1.165) is 55.1 Å². The third-order valence-electron chi connectivity index (χ3n) is 8.35. The highest BCUT2D eigenvalue weighted by molar-refractivity contribution is 6.13. The zero-order valence-corrected chi connectivity index (χ0v) is 21.9. The summed E-state index contributed by atoms with van der Waals surface area (Å²) in [7, 11) is 0. The summed E-state index contributed by atoms with van der Waals surface area (Å²) in [6.07, 6.45) is 0. The number of hydrogen-bond donors (Lipinski definition) is 0. The number of furan rings is 1. The Morgan fingerprint density at radius 2 is 0.951 bits per heavy atom. The van der Waals surface area contributed by atoms with Gasteiger partial charge in [0, 0.05) is 43.7 Å². The van der Waals surface area contributed by atoms with E-state index in [1.165, 1.54) is 21.8 Å². The zero-order valence-electron chi connectivity index (χ0n) is 21.9. The minimum Gasteiger partial charge on any atom is -0.456 e. The number of hydrogen-bond acceptors (Lipinski definition) is 2. The lowest BCUT2D eigenvalue weighted by atomic mass is 10.1. The van der Waals surface area contributed by atoms with Gasteiger partial charge in [-0.05, 0) is 66.7 Å². The van der Waals surface area contributed by atoms with Crippen molar-refractivity contribution in [2.75, 3.05) is 0 Å². The van der Waals surface area contributed by atoms with Crippen LogP contribution in [0.1, 0.15) is 5.56 Å². The molecule has 0 spiro atoms. The van der Waals surface area contributed by atoms with Gasteiger partial charge in [0.2, 0.25) is 0 Å². The van der Waals surface area contributed by atoms with Gasteiger partial charge in [-0.3, -0.25) is 0 Å². The minimum absolute atomic E-state index is 0.683. The Kier molecular flexibility index (Phi) is 4.37. The fourth-order valence-electron chi connectivity index (χ4n) is 6.62. The average molecular weight is 524 g/mol. The van der Waals surface area contributed by atoms with Crippen LogP contribution >= 0.6 is 0 Å². The molecule has 0 radical (unpaired) electrons. The first-order chi connectivity index (χ1) is 20.3. The molecule has 4 heteroatoms. The first-order valence-corrected chi connectivity index (χ1v) is 13.7. The molecule has 9 aromatic rings. The number of para-hydroxylation sites is 3. The Hall–Kier alpha value is -5.79. The summed E-state index contributed by atoms with van der Waals surface area (Å²) >= 11 is 0. The van der Waals surface area contributed by atoms with Crippen LogP contribution in [-0.4, -0.2) is 9.13 Å². The first-order valence-electron chi connectivity index (χ1n) is 13.7. The smallest absolute Gasteiger partial charge is 0.135 e. The molecule has 190 valence electrons. The Bertz CT molecular complexity index is 2500. The van der Waals surface area contributed by atoms with E-state index < -0.39 is 0 Å². The summed E-state index contributed by atoms with van der Waals surface area (Å²) in [6, 6.07) is 46.6. The van der Waals surface area contributed by atoms with Crippen LogP contribution in [0.15, 0.2) is 132 Å². The van der Waals surface area contributed by atoms with Gasteiger partial charge in [-0.1, -0.05) is 60.7 Å². The molecular formula is C37H21N3O. The van der Waals surface area contributed by atoms with E-state index in [9.17, 15) is 5.26 Å². The number of fused-ring (bicyclic) bond motifs is 9. The highest BCUT2D eigenvalue weighted by Crippen LogP contribution is 2.38. The molecule has 6 aromatic carbocycles. The highest BCUT2D eigenvalue weighted by atomic mass is 16.3. The number of nitriles is 1. The summed E-state index contributed by atoms with van der Waals surface area (Å²) in [6.45, 7) is 0. The van der Waals surface area contributed by atoms with Crippen molar-refractivity contribution in [1.82, 2.24) is 9.13 Å². The average Bonchev–Trinajstić information content (AvgIpc) is 3.68. The Morgan fingerprint density at radius 3 is 1.54 bits per heavy atom. The van der Waals surface area contributed by atoms with Gasteiger partial charge in [-0.15, -0.1) is 0 Å². The van der Waals surface area contributed by atoms with E-state index >= 15 is 0 Å². The fraction of sp³-hybridized carbons (Fsp3) is 0. The Balaban J connectivity index is 1.32. The van der Waals surface area contributed by atoms with Crippen LogP contribution in [0, 0.1) is 11.3 Å². The number of nitrogens with zero attached hydrogens (tertiary/aromatic N) is 3. The van der Waals surface area contributed by atoms with Crippen molar-refractivity contribution in [3.05, 3.63) is 133 Å². The van der Waals surface area contributed by atoms with Crippen molar-refractivity contribution in [2.24, 2.45) is 0 Å². The molecule has 0 atom stereocenters. The van der Waals surface area contributed by atoms with E-state index in [2.05, 4.69) is 118 Å². The Labute approximate surface area is 234 Å². The van der Waals surface area contributed by atoms with Crippen LogP contribution in [-0.2, 0) is 0 Å². The molecule has 0 aliphatic rings. The van der Waals surface area contributed by atoms with E-state index in [4.69, 9.17) is 4.42 Å². The van der Waals surface area contributed by atoms with Crippen LogP contribution in [0.25, 0.3) is 76.9 Å².